The van der Waals surface area contributed by atoms with Gasteiger partial charge in [0.15, 0.2) is 0 Å². The van der Waals surface area contributed by atoms with Crippen molar-refractivity contribution in [3.8, 4) is 11.5 Å². The maximum Gasteiger partial charge on any atom is 0.269 e. The maximum atomic E-state index is 13.1. The molecule has 8 heteroatoms. The monoisotopic (exact) mass is 440 g/mol. The van der Waals surface area contributed by atoms with Gasteiger partial charge in [-0.15, -0.1) is 0 Å². The number of oxazole rings is 1. The zero-order valence-corrected chi connectivity index (χ0v) is 17.8. The molecule has 32 heavy (non-hydrogen) atoms. The van der Waals surface area contributed by atoms with Crippen LogP contribution in [-0.2, 0) is 22.7 Å². The number of hydrogen-bond acceptors (Lipinski definition) is 6. The van der Waals surface area contributed by atoms with E-state index in [0.717, 1.165) is 36.9 Å². The van der Waals surface area contributed by atoms with Gasteiger partial charge in [-0.3, -0.25) is 10.1 Å². The molecule has 1 aliphatic carbocycles. The zero-order valence-electron chi connectivity index (χ0n) is 17.8. The quantitative estimate of drug-likeness (QED) is 0.328. The molecule has 0 spiro atoms. The van der Waals surface area contributed by atoms with Gasteiger partial charge in [0.2, 0.25) is 5.89 Å². The molecule has 1 fully saturated rings. The Morgan fingerprint density at radius 2 is 1.84 bits per heavy atom. The highest BCUT2D eigenvalue weighted by atomic mass is 19.1. The Balaban J connectivity index is 1.29. The molecule has 0 bridgehead atoms. The normalized spacial score (nSPS) is 18.6. The number of ether oxygens (including phenoxy) is 2. The molecule has 1 aliphatic rings. The van der Waals surface area contributed by atoms with Crippen LogP contribution >= 0.6 is 0 Å². The number of nitro groups is 1. The second-order valence-electron chi connectivity index (χ2n) is 7.99. The van der Waals surface area contributed by atoms with Gasteiger partial charge in [0.05, 0.1) is 30.3 Å². The van der Waals surface area contributed by atoms with Gasteiger partial charge in [-0.2, -0.15) is 0 Å². The highest BCUT2D eigenvalue weighted by Gasteiger charge is 2.24. The fraction of sp³-hybridized carbons (Fsp3) is 0.375. The van der Waals surface area contributed by atoms with Crippen molar-refractivity contribution in [3.05, 3.63) is 81.5 Å². The summed E-state index contributed by atoms with van der Waals surface area (Å²) in [5.74, 6) is 0.821. The molecule has 0 aliphatic heterocycles. The number of hydrogen-bond donors (Lipinski definition) is 0. The van der Waals surface area contributed by atoms with Gasteiger partial charge in [0.25, 0.3) is 5.69 Å². The van der Waals surface area contributed by atoms with Crippen molar-refractivity contribution in [2.45, 2.75) is 58.0 Å². The molecular formula is C24H25FN2O5. The number of aryl methyl sites for hydroxylation is 1. The molecule has 0 amide bonds. The van der Waals surface area contributed by atoms with Gasteiger partial charge in [0.1, 0.15) is 17.3 Å². The molecule has 3 aromatic rings. The Kier molecular flexibility index (Phi) is 6.92. The minimum Gasteiger partial charge on any atom is -0.441 e. The molecule has 168 valence electrons. The minimum atomic E-state index is -0.401. The largest absolute Gasteiger partial charge is 0.441 e. The van der Waals surface area contributed by atoms with E-state index < -0.39 is 4.92 Å². The zero-order chi connectivity index (χ0) is 22.5. The van der Waals surface area contributed by atoms with E-state index in [1.165, 1.54) is 18.2 Å². The molecule has 0 N–H and O–H groups in total. The van der Waals surface area contributed by atoms with Crippen molar-refractivity contribution in [1.29, 1.82) is 0 Å². The predicted molar refractivity (Wildman–Crippen MR) is 115 cm³/mol. The van der Waals surface area contributed by atoms with Crippen LogP contribution < -0.4 is 0 Å². The topological polar surface area (TPSA) is 87.6 Å². The van der Waals surface area contributed by atoms with Crippen molar-refractivity contribution in [1.82, 2.24) is 4.98 Å². The number of nitrogens with zero attached hydrogens (tertiary/aromatic N) is 2. The summed E-state index contributed by atoms with van der Waals surface area (Å²) in [6.45, 7) is 2.51. The summed E-state index contributed by atoms with van der Waals surface area (Å²) in [6, 6.07) is 12.5. The Morgan fingerprint density at radius 3 is 2.56 bits per heavy atom. The third-order valence-electron chi connectivity index (χ3n) is 5.62. The van der Waals surface area contributed by atoms with Crippen LogP contribution in [0.25, 0.3) is 11.5 Å². The van der Waals surface area contributed by atoms with Crippen LogP contribution in [0.1, 0.15) is 42.7 Å². The molecule has 1 heterocycles. The number of benzene rings is 2. The summed E-state index contributed by atoms with van der Waals surface area (Å²) >= 11 is 0. The lowest BCUT2D eigenvalue weighted by Gasteiger charge is -2.29. The highest BCUT2D eigenvalue weighted by molar-refractivity contribution is 5.53. The molecule has 0 unspecified atom stereocenters. The number of nitro benzene ring substituents is 1. The van der Waals surface area contributed by atoms with Crippen LogP contribution in [0.15, 0.2) is 52.9 Å². The van der Waals surface area contributed by atoms with Crippen LogP contribution in [0.3, 0.4) is 0 Å². The van der Waals surface area contributed by atoms with Crippen molar-refractivity contribution < 1.29 is 23.2 Å². The summed E-state index contributed by atoms with van der Waals surface area (Å²) < 4.78 is 31.0. The van der Waals surface area contributed by atoms with Crippen molar-refractivity contribution >= 4 is 5.69 Å². The van der Waals surface area contributed by atoms with Crippen LogP contribution in [0.4, 0.5) is 10.1 Å². The third-order valence-corrected chi connectivity index (χ3v) is 5.62. The van der Waals surface area contributed by atoms with E-state index in [0.29, 0.717) is 30.4 Å². The molecule has 2 aromatic carbocycles. The van der Waals surface area contributed by atoms with Crippen molar-refractivity contribution in [2.24, 2.45) is 0 Å². The average Bonchev–Trinajstić information content (AvgIpc) is 3.17. The van der Waals surface area contributed by atoms with Crippen molar-refractivity contribution in [2.75, 3.05) is 0 Å². The third kappa shape index (κ3) is 5.57. The standard InChI is InChI=1S/C24H25FN2O5/c1-16-23(26-24(32-16)18-8-10-19(25)11-9-18)15-31-22-7-3-6-21(13-22)30-14-17-4-2-5-20(12-17)27(28)29/h2,4-5,8-12,21-22H,3,6-7,13-15H2,1H3/t21-,22+/m1/s1. The Hall–Kier alpha value is -3.10. The van der Waals surface area contributed by atoms with Gasteiger partial charge in [-0.1, -0.05) is 12.1 Å². The van der Waals surface area contributed by atoms with Gasteiger partial charge >= 0.3 is 0 Å². The number of rotatable bonds is 8. The SMILES string of the molecule is Cc1oc(-c2ccc(F)cc2)nc1CO[C@H]1CCC[C@@H](OCc2cccc([N+](=O)[O-])c2)C1. The average molecular weight is 440 g/mol. The summed E-state index contributed by atoms with van der Waals surface area (Å²) in [7, 11) is 0. The molecule has 0 radical (unpaired) electrons. The molecule has 7 nitrogen and oxygen atoms in total. The van der Waals surface area contributed by atoms with Gasteiger partial charge in [-0.25, -0.2) is 9.37 Å². The van der Waals surface area contributed by atoms with E-state index in [2.05, 4.69) is 4.98 Å². The van der Waals surface area contributed by atoms with Crippen LogP contribution in [0.5, 0.6) is 0 Å². The Labute approximate surface area is 185 Å². The number of aromatic nitrogens is 1. The summed E-state index contributed by atoms with van der Waals surface area (Å²) in [4.78, 5) is 15.0. The van der Waals surface area contributed by atoms with Crippen LogP contribution in [0, 0.1) is 22.9 Å². The predicted octanol–water partition coefficient (Wildman–Crippen LogP) is 5.74. The smallest absolute Gasteiger partial charge is 0.269 e. The highest BCUT2D eigenvalue weighted by Crippen LogP contribution is 2.27. The number of halogens is 1. The van der Waals surface area contributed by atoms with Gasteiger partial charge in [-0.05, 0) is 62.4 Å². The molecule has 1 aromatic heterocycles. The molecule has 0 saturated heterocycles. The fourth-order valence-electron chi connectivity index (χ4n) is 3.85. The first-order chi connectivity index (χ1) is 15.5. The van der Waals surface area contributed by atoms with E-state index >= 15 is 0 Å². The second kappa shape index (κ2) is 10.0. The molecule has 1 saturated carbocycles. The lowest BCUT2D eigenvalue weighted by atomic mass is 9.95. The second-order valence-corrected chi connectivity index (χ2v) is 7.99. The first kappa shape index (κ1) is 22.1. The lowest BCUT2D eigenvalue weighted by molar-refractivity contribution is -0.385. The molecular weight excluding hydrogens is 415 g/mol. The van der Waals surface area contributed by atoms with E-state index in [1.807, 2.05) is 13.0 Å². The fourth-order valence-corrected chi connectivity index (χ4v) is 3.85. The Morgan fingerprint density at radius 1 is 1.12 bits per heavy atom. The Bertz CT molecular complexity index is 1070. The van der Waals surface area contributed by atoms with E-state index in [-0.39, 0.29) is 23.7 Å². The van der Waals surface area contributed by atoms with E-state index in [9.17, 15) is 14.5 Å². The maximum absolute atomic E-state index is 13.1. The molecule has 4 rings (SSSR count). The number of non-ortho nitro benzene ring substituents is 1. The van der Waals surface area contributed by atoms with E-state index in [4.69, 9.17) is 13.9 Å². The van der Waals surface area contributed by atoms with Gasteiger partial charge < -0.3 is 13.9 Å². The van der Waals surface area contributed by atoms with Crippen LogP contribution in [-0.4, -0.2) is 22.1 Å². The van der Waals surface area contributed by atoms with E-state index in [1.54, 1.807) is 24.3 Å². The van der Waals surface area contributed by atoms with Crippen LogP contribution in [0.2, 0.25) is 0 Å². The minimum absolute atomic E-state index is 0.0428. The summed E-state index contributed by atoms with van der Waals surface area (Å²) in [5.41, 5.74) is 2.30. The first-order valence-electron chi connectivity index (χ1n) is 10.7. The first-order valence-corrected chi connectivity index (χ1v) is 10.7. The van der Waals surface area contributed by atoms with Gasteiger partial charge in [0, 0.05) is 17.7 Å². The molecule has 2 atom stereocenters. The summed E-state index contributed by atoms with van der Waals surface area (Å²) in [5, 5.41) is 10.9. The summed E-state index contributed by atoms with van der Waals surface area (Å²) in [6.07, 6.45) is 3.72. The lowest BCUT2D eigenvalue weighted by Crippen LogP contribution is -2.28. The van der Waals surface area contributed by atoms with Crippen molar-refractivity contribution in [3.63, 3.8) is 0 Å².